The molecule has 18 nitrogen and oxygen atoms in total. The highest BCUT2D eigenvalue weighted by Crippen LogP contribution is 2.66. The topological polar surface area (TPSA) is 287 Å². The van der Waals surface area contributed by atoms with Gasteiger partial charge in [0.05, 0.1) is 12.7 Å². The average molecular weight is 525 g/mol. The highest BCUT2D eigenvalue weighted by molar-refractivity contribution is 7.66. The van der Waals surface area contributed by atoms with Crippen molar-refractivity contribution < 1.29 is 61.1 Å². The molecule has 0 spiro atoms. The standard InChI is InChI=1S/C11H18N3O15P3/c12-7(15)3-5-9(17)6(27-10(5)14-2-1-8(16)13-11(14)18)4-26-31(22,23)29-32(24,25)28-30(19,20)21/h1-2,5-6,9-10,17H,3-4H2,(H2,12,15)(H,22,23)(H,24,25)(H,13,16,18)(H2,19,20,21)/t5-,6-,9+,10-/m1/s1. The number of phosphoric acid groups is 3. The smallest absolute Gasteiger partial charge is 0.390 e. The van der Waals surface area contributed by atoms with Crippen molar-refractivity contribution in [1.82, 2.24) is 9.55 Å². The predicted octanol–water partition coefficient (Wildman–Crippen LogP) is -2.37. The summed E-state index contributed by atoms with van der Waals surface area (Å²) < 4.78 is 51.5. The van der Waals surface area contributed by atoms with Crippen LogP contribution in [0.3, 0.4) is 0 Å². The molecule has 6 atom stereocenters. The summed E-state index contributed by atoms with van der Waals surface area (Å²) in [6.45, 7) is -1.03. The predicted molar refractivity (Wildman–Crippen MR) is 98.4 cm³/mol. The van der Waals surface area contributed by atoms with Crippen molar-refractivity contribution in [2.45, 2.75) is 24.9 Å². The zero-order chi connectivity index (χ0) is 24.5. The normalized spacial score (nSPS) is 27.5. The van der Waals surface area contributed by atoms with Crippen LogP contribution < -0.4 is 17.0 Å². The van der Waals surface area contributed by atoms with Gasteiger partial charge in [-0.15, -0.1) is 0 Å². The van der Waals surface area contributed by atoms with E-state index in [4.69, 9.17) is 25.2 Å². The minimum Gasteiger partial charge on any atom is -0.390 e. The minimum absolute atomic E-state index is 0.525. The summed E-state index contributed by atoms with van der Waals surface area (Å²) in [6, 6.07) is 0.942. The lowest BCUT2D eigenvalue weighted by atomic mass is 9.96. The Morgan fingerprint density at radius 2 is 1.78 bits per heavy atom. The van der Waals surface area contributed by atoms with Gasteiger partial charge in [-0.25, -0.2) is 18.5 Å². The quantitative estimate of drug-likeness (QED) is 0.157. The van der Waals surface area contributed by atoms with Crippen molar-refractivity contribution in [3.8, 4) is 0 Å². The van der Waals surface area contributed by atoms with E-state index in [1.54, 1.807) is 0 Å². The minimum atomic E-state index is -5.76. The molecular formula is C11H18N3O15P3. The summed E-state index contributed by atoms with van der Waals surface area (Å²) in [6.07, 6.45) is -4.09. The summed E-state index contributed by atoms with van der Waals surface area (Å²) in [5, 5.41) is 10.4. The highest BCUT2D eigenvalue weighted by atomic mass is 31.3. The van der Waals surface area contributed by atoms with Crippen LogP contribution in [-0.4, -0.2) is 59.0 Å². The maximum atomic E-state index is 12.0. The van der Waals surface area contributed by atoms with Crippen LogP contribution in [0.5, 0.6) is 0 Å². The number of phosphoric ester groups is 1. The van der Waals surface area contributed by atoms with Gasteiger partial charge in [0.2, 0.25) is 5.91 Å². The summed E-state index contributed by atoms with van der Waals surface area (Å²) >= 11 is 0. The first-order valence-electron chi connectivity index (χ1n) is 8.21. The number of aromatic amines is 1. The second-order valence-corrected chi connectivity index (χ2v) is 10.7. The lowest BCUT2D eigenvalue weighted by Crippen LogP contribution is -2.36. The van der Waals surface area contributed by atoms with Crippen LogP contribution in [0.1, 0.15) is 12.6 Å². The number of aromatic nitrogens is 2. The van der Waals surface area contributed by atoms with E-state index in [0.717, 1.165) is 16.8 Å². The Hall–Kier alpha value is -1.52. The second kappa shape index (κ2) is 9.77. The summed E-state index contributed by atoms with van der Waals surface area (Å²) in [7, 11) is -16.9. The molecule has 1 aliphatic rings. The number of aliphatic hydroxyl groups is 1. The van der Waals surface area contributed by atoms with Gasteiger partial charge in [0.25, 0.3) is 5.56 Å². The molecule has 1 amide bonds. The van der Waals surface area contributed by atoms with Crippen molar-refractivity contribution in [1.29, 1.82) is 0 Å². The van der Waals surface area contributed by atoms with E-state index in [-0.39, 0.29) is 0 Å². The molecule has 2 heterocycles. The Morgan fingerprint density at radius 1 is 1.16 bits per heavy atom. The van der Waals surface area contributed by atoms with Crippen molar-refractivity contribution in [3.05, 3.63) is 33.1 Å². The van der Waals surface area contributed by atoms with E-state index in [2.05, 4.69) is 13.1 Å². The van der Waals surface area contributed by atoms with E-state index >= 15 is 0 Å². The van der Waals surface area contributed by atoms with Gasteiger partial charge in [0.1, 0.15) is 12.3 Å². The number of hydrogen-bond donors (Lipinski definition) is 7. The van der Waals surface area contributed by atoms with Crippen LogP contribution in [0.25, 0.3) is 0 Å². The van der Waals surface area contributed by atoms with E-state index in [1.807, 2.05) is 4.98 Å². The fourth-order valence-corrected chi connectivity index (χ4v) is 5.80. The molecule has 0 bridgehead atoms. The number of rotatable bonds is 10. The monoisotopic (exact) mass is 525 g/mol. The number of hydrogen-bond acceptors (Lipinski definition) is 11. The third-order valence-electron chi connectivity index (χ3n) is 3.88. The first-order valence-corrected chi connectivity index (χ1v) is 12.7. The molecule has 32 heavy (non-hydrogen) atoms. The molecule has 1 aromatic heterocycles. The van der Waals surface area contributed by atoms with Crippen molar-refractivity contribution in [2.75, 3.05) is 6.61 Å². The molecule has 0 aromatic carbocycles. The number of aliphatic hydroxyl groups excluding tert-OH is 1. The second-order valence-electron chi connectivity index (χ2n) is 6.29. The first kappa shape index (κ1) is 26.7. The Kier molecular flexibility index (Phi) is 8.16. The highest BCUT2D eigenvalue weighted by Gasteiger charge is 2.47. The van der Waals surface area contributed by atoms with Gasteiger partial charge >= 0.3 is 29.2 Å². The van der Waals surface area contributed by atoms with Crippen LogP contribution in [0.15, 0.2) is 21.9 Å². The Labute approximate surface area is 177 Å². The van der Waals surface area contributed by atoms with E-state index in [1.165, 1.54) is 0 Å². The fraction of sp³-hybridized carbons (Fsp3) is 0.545. The molecule has 1 aliphatic heterocycles. The fourth-order valence-electron chi connectivity index (χ4n) is 2.77. The van der Waals surface area contributed by atoms with Gasteiger partial charge in [-0.05, 0) is 0 Å². The largest absolute Gasteiger partial charge is 0.490 e. The molecule has 1 aromatic rings. The molecular weight excluding hydrogens is 507 g/mol. The molecule has 1 fully saturated rings. The summed E-state index contributed by atoms with van der Waals surface area (Å²) in [4.78, 5) is 72.1. The zero-order valence-electron chi connectivity index (χ0n) is 15.6. The zero-order valence-corrected chi connectivity index (χ0v) is 18.2. The number of H-pyrrole nitrogens is 1. The van der Waals surface area contributed by atoms with E-state index in [0.29, 0.717) is 0 Å². The average Bonchev–Trinajstić information content (AvgIpc) is 2.85. The van der Waals surface area contributed by atoms with Gasteiger partial charge in [-0.1, -0.05) is 0 Å². The number of nitrogens with two attached hydrogens (primary N) is 1. The Bertz CT molecular complexity index is 1110. The molecule has 2 unspecified atom stereocenters. The molecule has 1 saturated heterocycles. The number of carbonyl (C=O) groups excluding carboxylic acids is 1. The first-order chi connectivity index (χ1) is 14.5. The summed E-state index contributed by atoms with van der Waals surface area (Å²) in [5.74, 6) is -2.10. The van der Waals surface area contributed by atoms with Gasteiger partial charge in [-0.2, -0.15) is 8.62 Å². The lowest BCUT2D eigenvalue weighted by Gasteiger charge is -2.20. The van der Waals surface area contributed by atoms with Gasteiger partial charge in [-0.3, -0.25) is 23.7 Å². The van der Waals surface area contributed by atoms with E-state index in [9.17, 15) is 38.1 Å². The SMILES string of the molecule is NC(=O)C[C@@H]1[C@H](O)[C@@H](COP(=O)(O)OP(=O)(O)OP(=O)(O)O)O[C@H]1n1ccc(=O)[nH]c1=O. The number of carbonyl (C=O) groups is 1. The molecule has 0 saturated carbocycles. The van der Waals surface area contributed by atoms with E-state index < -0.39 is 78.0 Å². The van der Waals surface area contributed by atoms with Crippen LogP contribution in [-0.2, 0) is 36.4 Å². The maximum Gasteiger partial charge on any atom is 0.490 e. The van der Waals surface area contributed by atoms with Crippen molar-refractivity contribution in [3.63, 3.8) is 0 Å². The van der Waals surface area contributed by atoms with Crippen molar-refractivity contribution in [2.24, 2.45) is 11.7 Å². The van der Waals surface area contributed by atoms with Crippen LogP contribution >= 0.6 is 23.5 Å². The molecule has 0 radical (unpaired) electrons. The number of ether oxygens (including phenoxy) is 1. The number of primary amides is 1. The molecule has 21 heteroatoms. The molecule has 0 aliphatic carbocycles. The van der Waals surface area contributed by atoms with Gasteiger partial charge < -0.3 is 35.2 Å². The van der Waals surface area contributed by atoms with Gasteiger partial charge in [0, 0.05) is 24.6 Å². The third kappa shape index (κ3) is 7.52. The lowest BCUT2D eigenvalue weighted by molar-refractivity contribution is -0.120. The molecule has 8 N–H and O–H groups in total. The Morgan fingerprint density at radius 3 is 2.31 bits per heavy atom. The van der Waals surface area contributed by atoms with Gasteiger partial charge in [0.15, 0.2) is 0 Å². The maximum absolute atomic E-state index is 12.0. The Balaban J connectivity index is 2.17. The number of nitrogens with zero attached hydrogens (tertiary/aromatic N) is 1. The third-order valence-corrected chi connectivity index (χ3v) is 7.68. The molecule has 2 rings (SSSR count). The summed E-state index contributed by atoms with van der Waals surface area (Å²) in [5.41, 5.74) is 3.40. The van der Waals surface area contributed by atoms with Crippen LogP contribution in [0.2, 0.25) is 0 Å². The van der Waals surface area contributed by atoms with Crippen LogP contribution in [0, 0.1) is 5.92 Å². The van der Waals surface area contributed by atoms with Crippen molar-refractivity contribution >= 4 is 29.4 Å². The number of nitrogens with one attached hydrogen (secondary N) is 1. The molecule has 182 valence electrons. The van der Waals surface area contributed by atoms with Crippen LogP contribution in [0.4, 0.5) is 0 Å². The number of amides is 1.